The first-order valence-electron chi connectivity index (χ1n) is 9.93. The zero-order chi connectivity index (χ0) is 19.0. The first kappa shape index (κ1) is 22.4. The third-order valence-corrected chi connectivity index (χ3v) is 4.57. The molecule has 0 amide bonds. The van der Waals surface area contributed by atoms with E-state index in [1.54, 1.807) is 6.21 Å². The molecule has 0 aromatic carbocycles. The molecule has 0 radical (unpaired) electrons. The summed E-state index contributed by atoms with van der Waals surface area (Å²) in [7, 11) is 1.41. The quantitative estimate of drug-likeness (QED) is 0.278. The fourth-order valence-electron chi connectivity index (χ4n) is 2.90. The molecular formula is C21H35NO4. The van der Waals surface area contributed by atoms with Crippen LogP contribution in [0.15, 0.2) is 29.5 Å². The number of carbonyl (C=O) groups excluding carboxylic acids is 1. The standard InChI is InChI=1S/C21H35NO4/c1-3-4-5-9-12-19(23)15-14-18(20-16-17-22-26-20)11-8-6-7-10-13-21(24)25-2/h6,8,14-15,17-20,23H,3-5,7,9-13,16H2,1-2H3/b8-6-,15-14+/t18-,19?,20?/m1/s1. The summed E-state index contributed by atoms with van der Waals surface area (Å²) in [4.78, 5) is 16.5. The van der Waals surface area contributed by atoms with Crippen molar-refractivity contribution in [2.75, 3.05) is 7.11 Å². The van der Waals surface area contributed by atoms with Gasteiger partial charge in [0.25, 0.3) is 0 Å². The topological polar surface area (TPSA) is 68.1 Å². The third-order valence-electron chi connectivity index (χ3n) is 4.57. The van der Waals surface area contributed by atoms with Gasteiger partial charge in [-0.1, -0.05) is 62.1 Å². The third kappa shape index (κ3) is 10.4. The van der Waals surface area contributed by atoms with Crippen LogP contribution in [0.5, 0.6) is 0 Å². The summed E-state index contributed by atoms with van der Waals surface area (Å²) in [5.74, 6) is 0.0308. The molecule has 0 bridgehead atoms. The first-order chi connectivity index (χ1) is 12.7. The van der Waals surface area contributed by atoms with E-state index in [-0.39, 0.29) is 24.1 Å². The zero-order valence-corrected chi connectivity index (χ0v) is 16.3. The van der Waals surface area contributed by atoms with Crippen LogP contribution in [-0.4, -0.2) is 36.6 Å². The number of nitrogens with zero attached hydrogens (tertiary/aromatic N) is 1. The monoisotopic (exact) mass is 365 g/mol. The average Bonchev–Trinajstić information content (AvgIpc) is 3.18. The fourth-order valence-corrected chi connectivity index (χ4v) is 2.90. The number of allylic oxidation sites excluding steroid dienone is 2. The Morgan fingerprint density at radius 2 is 2.15 bits per heavy atom. The Labute approximate surface area is 158 Å². The van der Waals surface area contributed by atoms with E-state index in [2.05, 4.69) is 35.0 Å². The molecule has 1 rings (SSSR count). The lowest BCUT2D eigenvalue weighted by atomic mass is 9.94. The van der Waals surface area contributed by atoms with Gasteiger partial charge in [-0.2, -0.15) is 0 Å². The minimum Gasteiger partial charge on any atom is -0.469 e. The molecule has 0 saturated heterocycles. The molecule has 26 heavy (non-hydrogen) atoms. The molecule has 2 unspecified atom stereocenters. The van der Waals surface area contributed by atoms with Crippen molar-refractivity contribution in [3.8, 4) is 0 Å². The molecule has 148 valence electrons. The van der Waals surface area contributed by atoms with Gasteiger partial charge in [0.2, 0.25) is 0 Å². The second-order valence-electron chi connectivity index (χ2n) is 6.81. The molecule has 3 atom stereocenters. The minimum atomic E-state index is -0.388. The Kier molecular flexibility index (Phi) is 12.5. The van der Waals surface area contributed by atoms with Crippen LogP contribution >= 0.6 is 0 Å². The van der Waals surface area contributed by atoms with Gasteiger partial charge < -0.3 is 14.7 Å². The normalized spacial score (nSPS) is 19.1. The highest BCUT2D eigenvalue weighted by molar-refractivity contribution is 5.69. The van der Waals surface area contributed by atoms with Crippen molar-refractivity contribution in [1.29, 1.82) is 0 Å². The molecule has 0 aliphatic carbocycles. The fraction of sp³-hybridized carbons (Fsp3) is 0.714. The van der Waals surface area contributed by atoms with Gasteiger partial charge in [-0.3, -0.25) is 4.79 Å². The van der Waals surface area contributed by atoms with Gasteiger partial charge in [0, 0.05) is 25.0 Å². The van der Waals surface area contributed by atoms with Crippen LogP contribution in [-0.2, 0) is 14.4 Å². The summed E-state index contributed by atoms with van der Waals surface area (Å²) in [5.41, 5.74) is 0. The van der Waals surface area contributed by atoms with Crippen LogP contribution in [0, 0.1) is 5.92 Å². The summed E-state index contributed by atoms with van der Waals surface area (Å²) < 4.78 is 4.63. The Morgan fingerprint density at radius 1 is 1.31 bits per heavy atom. The van der Waals surface area contributed by atoms with Gasteiger partial charge in [0.05, 0.1) is 13.2 Å². The van der Waals surface area contributed by atoms with Crippen molar-refractivity contribution in [2.45, 2.75) is 83.3 Å². The van der Waals surface area contributed by atoms with E-state index in [9.17, 15) is 9.90 Å². The molecule has 0 aromatic rings. The lowest BCUT2D eigenvalue weighted by molar-refractivity contribution is -0.140. The molecule has 1 heterocycles. The van der Waals surface area contributed by atoms with E-state index in [1.165, 1.54) is 26.4 Å². The average molecular weight is 366 g/mol. The summed E-state index contributed by atoms with van der Waals surface area (Å²) in [6.07, 6.45) is 18.9. The molecule has 0 saturated carbocycles. The van der Waals surface area contributed by atoms with Crippen molar-refractivity contribution in [3.63, 3.8) is 0 Å². The lowest BCUT2D eigenvalue weighted by Gasteiger charge is -2.17. The van der Waals surface area contributed by atoms with Gasteiger partial charge in [0.15, 0.2) is 0 Å². The molecule has 0 fully saturated rings. The maximum absolute atomic E-state index is 11.1. The highest BCUT2D eigenvalue weighted by atomic mass is 16.6. The predicted molar refractivity (Wildman–Crippen MR) is 105 cm³/mol. The summed E-state index contributed by atoms with van der Waals surface area (Å²) in [5, 5.41) is 14.0. The Hall–Kier alpha value is -1.62. The first-order valence-corrected chi connectivity index (χ1v) is 9.93. The Bertz CT molecular complexity index is 451. The Balaban J connectivity index is 2.36. The number of oxime groups is 1. The maximum Gasteiger partial charge on any atom is 0.305 e. The number of aliphatic hydroxyl groups excluding tert-OH is 1. The number of aliphatic hydroxyl groups is 1. The lowest BCUT2D eigenvalue weighted by Crippen LogP contribution is -2.18. The van der Waals surface area contributed by atoms with Crippen LogP contribution in [0.25, 0.3) is 0 Å². The SMILES string of the molecule is CCCCCCC(O)/C=C/[C@@H](C/C=C\CCCC(=O)OC)C1CC=NO1. The number of ether oxygens (including phenoxy) is 1. The van der Waals surface area contributed by atoms with E-state index >= 15 is 0 Å². The van der Waals surface area contributed by atoms with Gasteiger partial charge >= 0.3 is 5.97 Å². The summed E-state index contributed by atoms with van der Waals surface area (Å²) in [6.45, 7) is 2.19. The number of hydrogen-bond donors (Lipinski definition) is 1. The number of hydrogen-bond acceptors (Lipinski definition) is 5. The second-order valence-corrected chi connectivity index (χ2v) is 6.81. The van der Waals surface area contributed by atoms with Gasteiger partial charge in [-0.05, 0) is 25.7 Å². The summed E-state index contributed by atoms with van der Waals surface area (Å²) >= 11 is 0. The molecule has 0 aromatic heterocycles. The number of rotatable bonds is 14. The molecular weight excluding hydrogens is 330 g/mol. The highest BCUT2D eigenvalue weighted by Crippen LogP contribution is 2.22. The molecule has 1 aliphatic heterocycles. The molecule has 5 nitrogen and oxygen atoms in total. The van der Waals surface area contributed by atoms with Crippen LogP contribution in [0.3, 0.4) is 0 Å². The Morgan fingerprint density at radius 3 is 2.85 bits per heavy atom. The van der Waals surface area contributed by atoms with Crippen molar-refractivity contribution in [1.82, 2.24) is 0 Å². The van der Waals surface area contributed by atoms with E-state index in [0.717, 1.165) is 38.5 Å². The van der Waals surface area contributed by atoms with E-state index in [4.69, 9.17) is 4.84 Å². The van der Waals surface area contributed by atoms with Gasteiger partial charge in [0.1, 0.15) is 6.10 Å². The van der Waals surface area contributed by atoms with E-state index < -0.39 is 0 Å². The molecule has 0 spiro atoms. The van der Waals surface area contributed by atoms with Crippen LogP contribution in [0.4, 0.5) is 0 Å². The maximum atomic E-state index is 11.1. The highest BCUT2D eigenvalue weighted by Gasteiger charge is 2.22. The summed E-state index contributed by atoms with van der Waals surface area (Å²) in [6, 6.07) is 0. The van der Waals surface area contributed by atoms with Crippen molar-refractivity contribution in [3.05, 3.63) is 24.3 Å². The second kappa shape index (κ2) is 14.5. The molecule has 5 heteroatoms. The molecule has 1 N–H and O–H groups in total. The van der Waals surface area contributed by atoms with Gasteiger partial charge in [-0.15, -0.1) is 0 Å². The largest absolute Gasteiger partial charge is 0.469 e. The van der Waals surface area contributed by atoms with Crippen LogP contribution in [0.1, 0.15) is 71.1 Å². The number of esters is 1. The minimum absolute atomic E-state index is 0.0401. The van der Waals surface area contributed by atoms with Crippen molar-refractivity contribution in [2.24, 2.45) is 11.1 Å². The number of methoxy groups -OCH3 is 1. The van der Waals surface area contributed by atoms with Crippen LogP contribution < -0.4 is 0 Å². The molecule has 1 aliphatic rings. The predicted octanol–water partition coefficient (Wildman–Crippen LogP) is 4.55. The van der Waals surface area contributed by atoms with Gasteiger partial charge in [-0.25, -0.2) is 0 Å². The van der Waals surface area contributed by atoms with E-state index in [1.807, 2.05) is 6.08 Å². The number of unbranched alkanes of at least 4 members (excludes halogenated alkanes) is 4. The zero-order valence-electron chi connectivity index (χ0n) is 16.3. The van der Waals surface area contributed by atoms with E-state index in [0.29, 0.717) is 6.42 Å². The van der Waals surface area contributed by atoms with Crippen LogP contribution in [0.2, 0.25) is 0 Å². The van der Waals surface area contributed by atoms with Crippen molar-refractivity contribution >= 4 is 12.2 Å². The number of carbonyl (C=O) groups is 1. The van der Waals surface area contributed by atoms with Crippen molar-refractivity contribution < 1.29 is 19.5 Å². The smallest absolute Gasteiger partial charge is 0.305 e.